The average molecular weight is 708 g/mol. The Morgan fingerprint density at radius 1 is 0.455 bits per heavy atom. The molecule has 1 aliphatic carbocycles. The van der Waals surface area contributed by atoms with Gasteiger partial charge < -0.3 is 9.47 Å². The van der Waals surface area contributed by atoms with Crippen LogP contribution in [0.5, 0.6) is 0 Å². The first-order valence-electron chi connectivity index (χ1n) is 19.4. The monoisotopic (exact) mass is 707 g/mol. The molecule has 3 nitrogen and oxygen atoms in total. The summed E-state index contributed by atoms with van der Waals surface area (Å²) in [6.45, 7) is 14.2. The van der Waals surface area contributed by atoms with E-state index in [2.05, 4.69) is 184 Å². The normalized spacial score (nSPS) is 15.9. The van der Waals surface area contributed by atoms with Crippen molar-refractivity contribution in [2.75, 3.05) is 4.90 Å². The summed E-state index contributed by atoms with van der Waals surface area (Å²) in [4.78, 5) is 2.36. The second-order valence-corrected chi connectivity index (χ2v) is 17.4. The van der Waals surface area contributed by atoms with Gasteiger partial charge in [0.25, 0.3) is 0 Å². The van der Waals surface area contributed by atoms with Crippen molar-refractivity contribution in [1.29, 1.82) is 5.26 Å². The Morgan fingerprint density at radius 2 is 1.02 bits per heavy atom. The summed E-state index contributed by atoms with van der Waals surface area (Å²) >= 11 is 0. The Morgan fingerprint density at radius 3 is 1.75 bits per heavy atom. The van der Waals surface area contributed by atoms with E-state index in [9.17, 15) is 5.26 Å². The molecule has 7 aromatic carbocycles. The van der Waals surface area contributed by atoms with Gasteiger partial charge in [0, 0.05) is 44.1 Å². The highest BCUT2D eigenvalue weighted by Crippen LogP contribution is 2.56. The smallest absolute Gasteiger partial charge is 0.0991 e. The Labute approximate surface area is 322 Å². The molecule has 55 heavy (non-hydrogen) atoms. The molecule has 3 heteroatoms. The second-order valence-electron chi connectivity index (χ2n) is 17.4. The van der Waals surface area contributed by atoms with E-state index in [1.54, 1.807) is 0 Å². The Bertz CT molecular complexity index is 3000. The SMILES string of the molecule is CC1(C)c2ccccc2-c2ccc(-c3ccc(N(c4ccc(C#N)cc4)c4cc5c6c(c4)c4cccc7c4n6-c4c(cccc4C5(C)C)C7(C)C)cc3)cc21. The molecule has 0 saturated heterocycles. The number of nitriles is 1. The molecular weight excluding hydrogens is 667 g/mol. The van der Waals surface area contributed by atoms with Crippen molar-refractivity contribution in [2.24, 2.45) is 0 Å². The standard InChI is InChI=1S/C52H41N3/c1-50(2)41-13-8-7-11-37(41)38-26-21-33(27-45(38)50)32-19-24-35(25-20-32)54(34-22-17-31(30-53)18-23-34)36-28-40-39-12-9-14-42-47(39)55-48(40)46(29-36)52(5,6)44-16-10-15-43(49(44)55)51(42,3)4/h7-29H,1-6H3. The summed E-state index contributed by atoms with van der Waals surface area (Å²) < 4.78 is 2.58. The molecule has 0 unspecified atom stereocenters. The van der Waals surface area contributed by atoms with Crippen LogP contribution >= 0.6 is 0 Å². The fraction of sp³-hybridized carbons (Fsp3) is 0.173. The van der Waals surface area contributed by atoms with Crippen LogP contribution in [0, 0.1) is 11.3 Å². The van der Waals surface area contributed by atoms with Gasteiger partial charge in [0.05, 0.1) is 28.4 Å². The lowest BCUT2D eigenvalue weighted by molar-refractivity contribution is 0.593. The van der Waals surface area contributed by atoms with Gasteiger partial charge in [0.1, 0.15) is 0 Å². The lowest BCUT2D eigenvalue weighted by Gasteiger charge is -2.42. The molecule has 3 heterocycles. The molecule has 0 fully saturated rings. The van der Waals surface area contributed by atoms with Gasteiger partial charge in [-0.2, -0.15) is 5.26 Å². The maximum absolute atomic E-state index is 9.71. The zero-order valence-electron chi connectivity index (χ0n) is 32.1. The summed E-state index contributed by atoms with van der Waals surface area (Å²) in [7, 11) is 0. The number of anilines is 3. The average Bonchev–Trinajstić information content (AvgIpc) is 3.65. The van der Waals surface area contributed by atoms with Gasteiger partial charge in [-0.1, -0.05) is 126 Å². The molecule has 0 bridgehead atoms. The highest BCUT2D eigenvalue weighted by Gasteiger charge is 2.43. The number of para-hydroxylation sites is 2. The molecule has 1 aromatic heterocycles. The van der Waals surface area contributed by atoms with Crippen molar-refractivity contribution >= 4 is 38.9 Å². The molecule has 264 valence electrons. The van der Waals surface area contributed by atoms with Crippen LogP contribution in [0.1, 0.15) is 80.5 Å². The summed E-state index contributed by atoms with van der Waals surface area (Å²) in [5, 5.41) is 12.3. The zero-order chi connectivity index (χ0) is 37.6. The first-order valence-corrected chi connectivity index (χ1v) is 19.4. The van der Waals surface area contributed by atoms with Crippen LogP contribution in [-0.4, -0.2) is 4.57 Å². The van der Waals surface area contributed by atoms with Crippen molar-refractivity contribution in [3.63, 3.8) is 0 Å². The third-order valence-corrected chi connectivity index (χ3v) is 13.4. The van der Waals surface area contributed by atoms with Gasteiger partial charge in [-0.25, -0.2) is 0 Å². The summed E-state index contributed by atoms with van der Waals surface area (Å²) in [6, 6.07) is 53.8. The van der Waals surface area contributed by atoms with Gasteiger partial charge in [-0.15, -0.1) is 0 Å². The topological polar surface area (TPSA) is 32.0 Å². The number of benzene rings is 7. The van der Waals surface area contributed by atoms with Crippen LogP contribution in [0.15, 0.2) is 140 Å². The Balaban J connectivity index is 1.11. The minimum Gasteiger partial charge on any atom is -0.310 e. The third kappa shape index (κ3) is 4.09. The van der Waals surface area contributed by atoms with E-state index in [4.69, 9.17) is 0 Å². The lowest BCUT2D eigenvalue weighted by Crippen LogP contribution is -2.33. The molecule has 3 aliphatic rings. The molecule has 0 spiro atoms. The summed E-state index contributed by atoms with van der Waals surface area (Å²) in [6.07, 6.45) is 0. The van der Waals surface area contributed by atoms with E-state index in [0.29, 0.717) is 5.56 Å². The van der Waals surface area contributed by atoms with Crippen molar-refractivity contribution < 1.29 is 0 Å². The minimum atomic E-state index is -0.237. The third-order valence-electron chi connectivity index (χ3n) is 13.4. The number of rotatable bonds is 4. The predicted octanol–water partition coefficient (Wildman–Crippen LogP) is 13.4. The molecule has 0 radical (unpaired) electrons. The van der Waals surface area contributed by atoms with Crippen molar-refractivity contribution in [2.45, 2.75) is 57.8 Å². The van der Waals surface area contributed by atoms with Crippen LogP contribution in [0.4, 0.5) is 17.1 Å². The highest BCUT2D eigenvalue weighted by molar-refractivity contribution is 6.15. The maximum Gasteiger partial charge on any atom is 0.0991 e. The van der Waals surface area contributed by atoms with E-state index >= 15 is 0 Å². The molecule has 2 aliphatic heterocycles. The van der Waals surface area contributed by atoms with Crippen molar-refractivity contribution in [1.82, 2.24) is 4.57 Å². The molecule has 0 saturated carbocycles. The van der Waals surface area contributed by atoms with Crippen LogP contribution in [0.2, 0.25) is 0 Å². The fourth-order valence-electron chi connectivity index (χ4n) is 10.4. The Hall–Kier alpha value is -6.37. The van der Waals surface area contributed by atoms with Gasteiger partial charge in [-0.05, 0) is 110 Å². The first kappa shape index (κ1) is 32.1. The van der Waals surface area contributed by atoms with Crippen molar-refractivity contribution in [3.05, 3.63) is 178 Å². The molecule has 11 rings (SSSR count). The van der Waals surface area contributed by atoms with Crippen LogP contribution in [0.3, 0.4) is 0 Å². The largest absolute Gasteiger partial charge is 0.310 e. The molecular formula is C52H41N3. The van der Waals surface area contributed by atoms with Crippen LogP contribution < -0.4 is 4.90 Å². The first-order chi connectivity index (χ1) is 26.5. The predicted molar refractivity (Wildman–Crippen MR) is 227 cm³/mol. The van der Waals surface area contributed by atoms with Gasteiger partial charge in [-0.3, -0.25) is 0 Å². The second kappa shape index (κ2) is 10.6. The van der Waals surface area contributed by atoms with E-state index in [1.807, 2.05) is 12.1 Å². The van der Waals surface area contributed by atoms with E-state index in [-0.39, 0.29) is 16.2 Å². The molecule has 0 N–H and O–H groups in total. The zero-order valence-corrected chi connectivity index (χ0v) is 32.1. The van der Waals surface area contributed by atoms with E-state index in [0.717, 1.165) is 17.1 Å². The number of nitrogens with zero attached hydrogens (tertiary/aromatic N) is 3. The van der Waals surface area contributed by atoms with Crippen molar-refractivity contribution in [3.8, 4) is 34.0 Å². The fourth-order valence-corrected chi connectivity index (χ4v) is 10.4. The van der Waals surface area contributed by atoms with Gasteiger partial charge in [0.2, 0.25) is 0 Å². The van der Waals surface area contributed by atoms with Gasteiger partial charge in [0.15, 0.2) is 0 Å². The number of aromatic nitrogens is 1. The minimum absolute atomic E-state index is 0.0534. The maximum atomic E-state index is 9.71. The van der Waals surface area contributed by atoms with Crippen LogP contribution in [0.25, 0.3) is 49.7 Å². The molecule has 8 aromatic rings. The Kier molecular flexibility index (Phi) is 6.21. The van der Waals surface area contributed by atoms with Gasteiger partial charge >= 0.3 is 0 Å². The summed E-state index contributed by atoms with van der Waals surface area (Å²) in [5.74, 6) is 0. The van der Waals surface area contributed by atoms with Crippen LogP contribution in [-0.2, 0) is 16.2 Å². The number of hydrogen-bond donors (Lipinski definition) is 0. The van der Waals surface area contributed by atoms with E-state index < -0.39 is 0 Å². The lowest BCUT2D eigenvalue weighted by atomic mass is 9.68. The quantitative estimate of drug-likeness (QED) is 0.182. The molecule has 0 amide bonds. The molecule has 0 atom stereocenters. The highest BCUT2D eigenvalue weighted by atomic mass is 15.1. The van der Waals surface area contributed by atoms with E-state index in [1.165, 1.54) is 83.1 Å². The summed E-state index contributed by atoms with van der Waals surface area (Å²) in [5.41, 5.74) is 20.7. The number of fused-ring (bicyclic) bond motifs is 4. The number of hydrogen-bond acceptors (Lipinski definition) is 2.